The van der Waals surface area contributed by atoms with Gasteiger partial charge in [0, 0.05) is 13.1 Å². The second-order valence-electron chi connectivity index (χ2n) is 6.25. The van der Waals surface area contributed by atoms with Crippen LogP contribution in [0.15, 0.2) is 24.3 Å². The zero-order chi connectivity index (χ0) is 14.5. The monoisotopic (exact) mass is 277 g/mol. The van der Waals surface area contributed by atoms with E-state index < -0.39 is 6.10 Å². The van der Waals surface area contributed by atoms with Gasteiger partial charge in [0.25, 0.3) is 0 Å². The van der Waals surface area contributed by atoms with Crippen LogP contribution in [0.5, 0.6) is 0 Å². The Kier molecular flexibility index (Phi) is 5.58. The molecule has 1 fully saturated rings. The molecule has 0 aromatic heterocycles. The molecule has 1 aromatic rings. The third-order valence-electron chi connectivity index (χ3n) is 4.35. The predicted octanol–water partition coefficient (Wildman–Crippen LogP) is 2.59. The molecule has 0 amide bonds. The summed E-state index contributed by atoms with van der Waals surface area (Å²) in [6, 6.07) is 8.19. The van der Waals surface area contributed by atoms with Crippen LogP contribution in [0.3, 0.4) is 0 Å². The molecule has 3 heteroatoms. The lowest BCUT2D eigenvalue weighted by atomic mass is 10.00. The van der Waals surface area contributed by atoms with Crippen molar-refractivity contribution in [3.8, 4) is 0 Å². The topological polar surface area (TPSA) is 52.5 Å². The van der Waals surface area contributed by atoms with Gasteiger partial charge in [-0.3, -0.25) is 0 Å². The van der Waals surface area contributed by atoms with Crippen LogP contribution in [0.4, 0.5) is 0 Å². The number of rotatable bonds is 6. The molecule has 0 aliphatic heterocycles. The summed E-state index contributed by atoms with van der Waals surface area (Å²) in [5, 5.41) is 23.2. The van der Waals surface area contributed by atoms with E-state index in [1.54, 1.807) is 0 Å². The van der Waals surface area contributed by atoms with Gasteiger partial charge in [-0.1, -0.05) is 44.5 Å². The lowest BCUT2D eigenvalue weighted by molar-refractivity contribution is 0.124. The first-order chi connectivity index (χ1) is 9.58. The number of aliphatic hydroxyl groups excluding tert-OH is 2. The molecule has 1 aromatic carbocycles. The quantitative estimate of drug-likeness (QED) is 0.749. The zero-order valence-corrected chi connectivity index (χ0v) is 12.5. The molecule has 1 aliphatic rings. The molecule has 1 aliphatic carbocycles. The van der Waals surface area contributed by atoms with Gasteiger partial charge < -0.3 is 15.5 Å². The highest BCUT2D eigenvalue weighted by Crippen LogP contribution is 2.25. The Morgan fingerprint density at radius 2 is 1.80 bits per heavy atom. The van der Waals surface area contributed by atoms with Gasteiger partial charge in [-0.2, -0.15) is 0 Å². The van der Waals surface area contributed by atoms with Gasteiger partial charge in [-0.05, 0) is 35.8 Å². The van der Waals surface area contributed by atoms with Crippen LogP contribution in [-0.4, -0.2) is 29.4 Å². The van der Waals surface area contributed by atoms with E-state index in [9.17, 15) is 10.2 Å². The Balaban J connectivity index is 1.77. The molecule has 0 bridgehead atoms. The predicted molar refractivity (Wildman–Crippen MR) is 81.7 cm³/mol. The smallest absolute Gasteiger partial charge is 0.0914 e. The molecule has 3 atom stereocenters. The molecule has 112 valence electrons. The summed E-state index contributed by atoms with van der Waals surface area (Å²) >= 11 is 0. The SMILES string of the molecule is CC(C)c1ccc(C(O)CNCC2CCCC2O)cc1. The van der Waals surface area contributed by atoms with Crippen LogP contribution < -0.4 is 5.32 Å². The maximum atomic E-state index is 10.2. The first-order valence-corrected chi connectivity index (χ1v) is 7.74. The summed E-state index contributed by atoms with van der Waals surface area (Å²) in [6.07, 6.45) is 2.49. The molecule has 20 heavy (non-hydrogen) atoms. The maximum absolute atomic E-state index is 10.2. The lowest BCUT2D eigenvalue weighted by Gasteiger charge is -2.18. The number of hydrogen-bond acceptors (Lipinski definition) is 3. The Hall–Kier alpha value is -0.900. The van der Waals surface area contributed by atoms with Crippen LogP contribution in [-0.2, 0) is 0 Å². The van der Waals surface area contributed by atoms with Crippen LogP contribution >= 0.6 is 0 Å². The van der Waals surface area contributed by atoms with E-state index in [4.69, 9.17) is 0 Å². The standard InChI is InChI=1S/C17H27NO2/c1-12(2)13-6-8-14(9-7-13)17(20)11-18-10-15-4-3-5-16(15)19/h6-9,12,15-20H,3-5,10-11H2,1-2H3. The highest BCUT2D eigenvalue weighted by molar-refractivity contribution is 5.26. The lowest BCUT2D eigenvalue weighted by Crippen LogP contribution is -2.30. The van der Waals surface area contributed by atoms with Crippen molar-refractivity contribution in [2.45, 2.75) is 51.2 Å². The summed E-state index contributed by atoms with van der Waals surface area (Å²) in [4.78, 5) is 0. The Morgan fingerprint density at radius 1 is 1.15 bits per heavy atom. The molecular weight excluding hydrogens is 250 g/mol. The number of hydrogen-bond donors (Lipinski definition) is 3. The van der Waals surface area contributed by atoms with Crippen molar-refractivity contribution in [1.82, 2.24) is 5.32 Å². The molecule has 1 saturated carbocycles. The minimum absolute atomic E-state index is 0.162. The fourth-order valence-corrected chi connectivity index (χ4v) is 2.88. The Bertz CT molecular complexity index is 402. The van der Waals surface area contributed by atoms with Crippen molar-refractivity contribution in [1.29, 1.82) is 0 Å². The van der Waals surface area contributed by atoms with Crippen molar-refractivity contribution in [3.63, 3.8) is 0 Å². The molecule has 2 rings (SSSR count). The summed E-state index contributed by atoms with van der Waals surface area (Å²) in [5.74, 6) is 0.869. The molecule has 0 heterocycles. The fraction of sp³-hybridized carbons (Fsp3) is 0.647. The van der Waals surface area contributed by atoms with Crippen LogP contribution in [0.1, 0.15) is 56.3 Å². The van der Waals surface area contributed by atoms with Crippen molar-refractivity contribution < 1.29 is 10.2 Å². The first kappa shape index (κ1) is 15.5. The number of aliphatic hydroxyl groups is 2. The van der Waals surface area contributed by atoms with Crippen molar-refractivity contribution in [2.75, 3.05) is 13.1 Å². The summed E-state index contributed by atoms with van der Waals surface area (Å²) < 4.78 is 0. The highest BCUT2D eigenvalue weighted by Gasteiger charge is 2.24. The zero-order valence-electron chi connectivity index (χ0n) is 12.5. The maximum Gasteiger partial charge on any atom is 0.0914 e. The van der Waals surface area contributed by atoms with Gasteiger partial charge in [0.15, 0.2) is 0 Å². The van der Waals surface area contributed by atoms with Gasteiger partial charge in [0.2, 0.25) is 0 Å². The van der Waals surface area contributed by atoms with E-state index in [1.165, 1.54) is 5.56 Å². The third-order valence-corrected chi connectivity index (χ3v) is 4.35. The molecule has 0 saturated heterocycles. The van der Waals surface area contributed by atoms with E-state index in [1.807, 2.05) is 12.1 Å². The molecular formula is C17H27NO2. The molecule has 0 radical (unpaired) electrons. The van der Waals surface area contributed by atoms with Crippen LogP contribution in [0.2, 0.25) is 0 Å². The minimum atomic E-state index is -0.477. The van der Waals surface area contributed by atoms with E-state index in [0.717, 1.165) is 31.4 Å². The van der Waals surface area contributed by atoms with E-state index >= 15 is 0 Å². The second kappa shape index (κ2) is 7.21. The van der Waals surface area contributed by atoms with E-state index in [-0.39, 0.29) is 6.10 Å². The summed E-state index contributed by atoms with van der Waals surface area (Å²) in [6.45, 7) is 5.67. The van der Waals surface area contributed by atoms with Crippen LogP contribution in [0.25, 0.3) is 0 Å². The molecule has 3 N–H and O–H groups in total. The largest absolute Gasteiger partial charge is 0.393 e. The summed E-state index contributed by atoms with van der Waals surface area (Å²) in [5.41, 5.74) is 2.25. The Labute approximate surface area is 122 Å². The minimum Gasteiger partial charge on any atom is -0.393 e. The van der Waals surface area contributed by atoms with Gasteiger partial charge in [0.05, 0.1) is 12.2 Å². The van der Waals surface area contributed by atoms with E-state index in [2.05, 4.69) is 31.3 Å². The first-order valence-electron chi connectivity index (χ1n) is 7.74. The molecule has 0 spiro atoms. The third kappa shape index (κ3) is 4.05. The van der Waals surface area contributed by atoms with E-state index in [0.29, 0.717) is 18.4 Å². The van der Waals surface area contributed by atoms with Crippen molar-refractivity contribution >= 4 is 0 Å². The molecule has 3 unspecified atom stereocenters. The van der Waals surface area contributed by atoms with Crippen molar-refractivity contribution in [3.05, 3.63) is 35.4 Å². The normalized spacial score (nSPS) is 24.2. The second-order valence-corrected chi connectivity index (χ2v) is 6.25. The fourth-order valence-electron chi connectivity index (χ4n) is 2.88. The van der Waals surface area contributed by atoms with Gasteiger partial charge >= 0.3 is 0 Å². The van der Waals surface area contributed by atoms with Gasteiger partial charge in [-0.15, -0.1) is 0 Å². The average molecular weight is 277 g/mol. The van der Waals surface area contributed by atoms with Gasteiger partial charge in [0.1, 0.15) is 0 Å². The number of nitrogens with one attached hydrogen (secondary N) is 1. The average Bonchev–Trinajstić information content (AvgIpc) is 2.84. The van der Waals surface area contributed by atoms with Crippen molar-refractivity contribution in [2.24, 2.45) is 5.92 Å². The Morgan fingerprint density at radius 3 is 2.35 bits per heavy atom. The van der Waals surface area contributed by atoms with Gasteiger partial charge in [-0.25, -0.2) is 0 Å². The van der Waals surface area contributed by atoms with Crippen LogP contribution in [0, 0.1) is 5.92 Å². The number of benzene rings is 1. The summed E-state index contributed by atoms with van der Waals surface area (Å²) in [7, 11) is 0. The molecule has 3 nitrogen and oxygen atoms in total. The highest BCUT2D eigenvalue weighted by atomic mass is 16.3.